The number of hydrogen-bond acceptors (Lipinski definition) is 3. The van der Waals surface area contributed by atoms with Crippen molar-refractivity contribution in [2.24, 2.45) is 5.73 Å². The molecule has 0 radical (unpaired) electrons. The zero-order chi connectivity index (χ0) is 6.57. The van der Waals surface area contributed by atoms with E-state index in [0.29, 0.717) is 6.54 Å². The first kappa shape index (κ1) is 7.54. The first-order chi connectivity index (χ1) is 3.72. The molecule has 0 aromatic carbocycles. The highest BCUT2D eigenvalue weighted by molar-refractivity contribution is 6.20. The van der Waals surface area contributed by atoms with E-state index in [-0.39, 0.29) is 5.50 Å². The van der Waals surface area contributed by atoms with Crippen LogP contribution in [0.25, 0.3) is 0 Å². The van der Waals surface area contributed by atoms with E-state index in [1.54, 1.807) is 7.05 Å². The van der Waals surface area contributed by atoms with E-state index >= 15 is 0 Å². The summed E-state index contributed by atoms with van der Waals surface area (Å²) < 4.78 is 0. The van der Waals surface area contributed by atoms with Crippen molar-refractivity contribution in [1.29, 1.82) is 5.26 Å². The lowest BCUT2D eigenvalue weighted by Gasteiger charge is -2.12. The van der Waals surface area contributed by atoms with Crippen molar-refractivity contribution in [3.8, 4) is 6.19 Å². The summed E-state index contributed by atoms with van der Waals surface area (Å²) in [6, 6.07) is 0. The molecule has 2 N–H and O–H groups in total. The predicted molar refractivity (Wildman–Crippen MR) is 32.1 cm³/mol. The number of rotatable bonds is 2. The van der Waals surface area contributed by atoms with Crippen LogP contribution in [0.4, 0.5) is 0 Å². The number of likely N-dealkylation sites (N-methyl/N-ethyl adjacent to an activating group) is 1. The monoisotopic (exact) mass is 133 g/mol. The maximum atomic E-state index is 8.17. The molecule has 46 valence electrons. The molecule has 3 nitrogen and oxygen atoms in total. The molecular weight excluding hydrogens is 126 g/mol. The van der Waals surface area contributed by atoms with Crippen LogP contribution >= 0.6 is 11.6 Å². The van der Waals surface area contributed by atoms with Gasteiger partial charge in [-0.2, -0.15) is 5.26 Å². The summed E-state index contributed by atoms with van der Waals surface area (Å²) in [5, 5.41) is 8.17. The fourth-order valence-electron chi connectivity index (χ4n) is 0.221. The maximum Gasteiger partial charge on any atom is 0.180 e. The highest BCUT2D eigenvalue weighted by Gasteiger charge is 2.04. The van der Waals surface area contributed by atoms with Gasteiger partial charge in [-0.1, -0.05) is 11.6 Å². The summed E-state index contributed by atoms with van der Waals surface area (Å²) in [7, 11) is 1.59. The molecule has 0 aromatic heterocycles. The fraction of sp³-hybridized carbons (Fsp3) is 0.750. The Morgan fingerprint density at radius 3 is 2.62 bits per heavy atom. The van der Waals surface area contributed by atoms with E-state index in [2.05, 4.69) is 0 Å². The van der Waals surface area contributed by atoms with E-state index in [0.717, 1.165) is 0 Å². The van der Waals surface area contributed by atoms with Crippen LogP contribution in [0.3, 0.4) is 0 Å². The zero-order valence-electron chi connectivity index (χ0n) is 4.63. The van der Waals surface area contributed by atoms with E-state index < -0.39 is 0 Å². The second-order valence-electron chi connectivity index (χ2n) is 1.38. The topological polar surface area (TPSA) is 53.0 Å². The third kappa shape index (κ3) is 2.01. The smallest absolute Gasteiger partial charge is 0.180 e. The minimum absolute atomic E-state index is 0.297. The van der Waals surface area contributed by atoms with Crippen molar-refractivity contribution >= 4 is 11.6 Å². The molecule has 0 heterocycles. The Labute approximate surface area is 53.6 Å². The second kappa shape index (κ2) is 3.53. The van der Waals surface area contributed by atoms with Gasteiger partial charge in [0.25, 0.3) is 0 Å². The molecule has 0 saturated heterocycles. The van der Waals surface area contributed by atoms with Crippen molar-refractivity contribution < 1.29 is 0 Å². The SMILES string of the molecule is CN(C#N)C(Cl)CN. The third-order valence-corrected chi connectivity index (χ3v) is 1.24. The number of nitrogens with zero attached hydrogens (tertiary/aromatic N) is 2. The van der Waals surface area contributed by atoms with Gasteiger partial charge >= 0.3 is 0 Å². The van der Waals surface area contributed by atoms with E-state index in [1.807, 2.05) is 6.19 Å². The first-order valence-corrected chi connectivity index (χ1v) is 2.62. The average molecular weight is 134 g/mol. The van der Waals surface area contributed by atoms with Crippen molar-refractivity contribution in [3.05, 3.63) is 0 Å². The largest absolute Gasteiger partial charge is 0.327 e. The Bertz CT molecular complexity index is 97.9. The van der Waals surface area contributed by atoms with Crippen LogP contribution < -0.4 is 5.73 Å². The third-order valence-electron chi connectivity index (χ3n) is 0.772. The molecule has 0 rings (SSSR count). The lowest BCUT2D eigenvalue weighted by Crippen LogP contribution is -2.29. The quantitative estimate of drug-likeness (QED) is 0.248. The molecule has 0 bridgehead atoms. The molecule has 0 aromatic rings. The fourth-order valence-corrected chi connectivity index (χ4v) is 0.264. The molecule has 0 fully saturated rings. The molecule has 0 amide bonds. The zero-order valence-corrected chi connectivity index (χ0v) is 5.39. The van der Waals surface area contributed by atoms with Crippen LogP contribution in [0.15, 0.2) is 0 Å². The normalized spacial score (nSPS) is 12.2. The number of alkyl halides is 1. The van der Waals surface area contributed by atoms with Gasteiger partial charge in [0, 0.05) is 13.6 Å². The molecule has 4 heteroatoms. The highest BCUT2D eigenvalue weighted by atomic mass is 35.5. The molecule has 1 unspecified atom stereocenters. The molecule has 1 atom stereocenters. The van der Waals surface area contributed by atoms with Crippen LogP contribution in [0, 0.1) is 11.5 Å². The van der Waals surface area contributed by atoms with Gasteiger partial charge < -0.3 is 5.73 Å². The molecular formula is C4H8ClN3. The summed E-state index contributed by atoms with van der Waals surface area (Å²) >= 11 is 5.49. The number of nitriles is 1. The standard InChI is InChI=1S/C4H8ClN3/c1-8(3-7)4(5)2-6/h4H,2,6H2,1H3. The van der Waals surface area contributed by atoms with Crippen molar-refractivity contribution in [2.75, 3.05) is 13.6 Å². The summed E-state index contributed by atoms with van der Waals surface area (Å²) in [5.74, 6) is 0. The average Bonchev–Trinajstić information content (AvgIpc) is 1.84. The van der Waals surface area contributed by atoms with Gasteiger partial charge in [-0.25, -0.2) is 0 Å². The lowest BCUT2D eigenvalue weighted by atomic mass is 10.6. The number of nitrogens with two attached hydrogens (primary N) is 1. The van der Waals surface area contributed by atoms with Crippen LogP contribution in [0.2, 0.25) is 0 Å². The number of hydrogen-bond donors (Lipinski definition) is 1. The van der Waals surface area contributed by atoms with Gasteiger partial charge in [0.1, 0.15) is 5.50 Å². The summed E-state index contributed by atoms with van der Waals surface area (Å²) in [6.45, 7) is 0.297. The molecule has 0 aliphatic heterocycles. The van der Waals surface area contributed by atoms with Crippen LogP contribution in [-0.4, -0.2) is 24.0 Å². The Kier molecular flexibility index (Phi) is 3.33. The molecule has 0 saturated carbocycles. The summed E-state index contributed by atoms with van der Waals surface area (Å²) in [4.78, 5) is 1.29. The van der Waals surface area contributed by atoms with Crippen molar-refractivity contribution in [1.82, 2.24) is 4.90 Å². The van der Waals surface area contributed by atoms with Gasteiger partial charge in [0.05, 0.1) is 0 Å². The highest BCUT2D eigenvalue weighted by Crippen LogP contribution is 1.95. The predicted octanol–water partition coefficient (Wildman–Crippen LogP) is -0.0771. The number of halogens is 1. The van der Waals surface area contributed by atoms with E-state index in [4.69, 9.17) is 22.6 Å². The lowest BCUT2D eigenvalue weighted by molar-refractivity contribution is 0.443. The first-order valence-electron chi connectivity index (χ1n) is 2.19. The molecule has 0 spiro atoms. The Balaban J connectivity index is 3.49. The Morgan fingerprint density at radius 1 is 2.00 bits per heavy atom. The van der Waals surface area contributed by atoms with Gasteiger partial charge in [-0.15, -0.1) is 0 Å². The maximum absolute atomic E-state index is 8.17. The van der Waals surface area contributed by atoms with E-state index in [1.165, 1.54) is 4.90 Å². The van der Waals surface area contributed by atoms with Crippen molar-refractivity contribution in [2.45, 2.75) is 5.50 Å². The summed E-state index contributed by atoms with van der Waals surface area (Å²) in [6.07, 6.45) is 1.84. The van der Waals surface area contributed by atoms with Crippen molar-refractivity contribution in [3.63, 3.8) is 0 Å². The van der Waals surface area contributed by atoms with Gasteiger partial charge in [-0.3, -0.25) is 4.90 Å². The molecule has 0 aliphatic carbocycles. The second-order valence-corrected chi connectivity index (χ2v) is 1.88. The van der Waals surface area contributed by atoms with Crippen LogP contribution in [0.1, 0.15) is 0 Å². The molecule has 0 aliphatic rings. The van der Waals surface area contributed by atoms with Gasteiger partial charge in [-0.05, 0) is 0 Å². The van der Waals surface area contributed by atoms with Crippen LogP contribution in [-0.2, 0) is 0 Å². The van der Waals surface area contributed by atoms with Crippen LogP contribution in [0.5, 0.6) is 0 Å². The Hall–Kier alpha value is -0.460. The molecule has 8 heavy (non-hydrogen) atoms. The van der Waals surface area contributed by atoms with Gasteiger partial charge in [0.2, 0.25) is 0 Å². The van der Waals surface area contributed by atoms with Gasteiger partial charge in [0.15, 0.2) is 6.19 Å². The Morgan fingerprint density at radius 2 is 2.50 bits per heavy atom. The minimum Gasteiger partial charge on any atom is -0.327 e. The van der Waals surface area contributed by atoms with E-state index in [9.17, 15) is 0 Å². The minimum atomic E-state index is -0.361. The summed E-state index contributed by atoms with van der Waals surface area (Å²) in [5.41, 5.74) is 4.76.